The molecule has 0 saturated heterocycles. The molecular formula is C15H17BrFN3O. The first-order chi connectivity index (χ1) is 10.1. The van der Waals surface area contributed by atoms with Crippen molar-refractivity contribution in [3.05, 3.63) is 34.2 Å². The molecule has 0 bridgehead atoms. The van der Waals surface area contributed by atoms with Gasteiger partial charge in [0.1, 0.15) is 5.82 Å². The van der Waals surface area contributed by atoms with Crippen LogP contribution in [0.5, 0.6) is 5.75 Å². The third kappa shape index (κ3) is 3.32. The molecule has 0 aliphatic heterocycles. The Morgan fingerprint density at radius 1 is 1.29 bits per heavy atom. The number of hydrogen-bond acceptors (Lipinski definition) is 4. The molecule has 0 radical (unpaired) electrons. The maximum absolute atomic E-state index is 13.8. The van der Waals surface area contributed by atoms with Crippen molar-refractivity contribution in [3.63, 3.8) is 0 Å². The van der Waals surface area contributed by atoms with Gasteiger partial charge in [0.15, 0.2) is 17.4 Å². The van der Waals surface area contributed by atoms with Crippen molar-refractivity contribution in [2.24, 2.45) is 0 Å². The Kier molecular flexibility index (Phi) is 5.12. The van der Waals surface area contributed by atoms with Crippen LogP contribution in [0.1, 0.15) is 19.5 Å². The van der Waals surface area contributed by atoms with E-state index in [0.29, 0.717) is 11.4 Å². The number of rotatable bonds is 5. The number of nitrogens with zero attached hydrogens (tertiary/aromatic N) is 2. The molecule has 2 aromatic rings. The van der Waals surface area contributed by atoms with Crippen molar-refractivity contribution in [1.82, 2.24) is 9.97 Å². The van der Waals surface area contributed by atoms with E-state index in [9.17, 15) is 4.39 Å². The second kappa shape index (κ2) is 6.85. The molecule has 0 unspecified atom stereocenters. The Morgan fingerprint density at radius 2 is 2.05 bits per heavy atom. The lowest BCUT2D eigenvalue weighted by Crippen LogP contribution is -2.06. The molecule has 4 nitrogen and oxygen atoms in total. The number of aryl methyl sites for hydroxylation is 1. The third-order valence-electron chi connectivity index (χ3n) is 3.01. The summed E-state index contributed by atoms with van der Waals surface area (Å²) in [6.45, 7) is 4.75. The van der Waals surface area contributed by atoms with Crippen LogP contribution in [-0.2, 0) is 6.42 Å². The predicted molar refractivity (Wildman–Crippen MR) is 85.2 cm³/mol. The van der Waals surface area contributed by atoms with E-state index in [1.54, 1.807) is 12.1 Å². The maximum Gasteiger partial charge on any atom is 0.165 e. The van der Waals surface area contributed by atoms with E-state index in [4.69, 9.17) is 4.74 Å². The smallest absolute Gasteiger partial charge is 0.165 e. The fraction of sp³-hybridized carbons (Fsp3) is 0.333. The predicted octanol–water partition coefficient (Wildman–Crippen LogP) is 4.05. The van der Waals surface area contributed by atoms with Crippen molar-refractivity contribution >= 4 is 21.7 Å². The number of aromatic nitrogens is 2. The van der Waals surface area contributed by atoms with Gasteiger partial charge >= 0.3 is 0 Å². The Bertz CT molecular complexity index is 649. The summed E-state index contributed by atoms with van der Waals surface area (Å²) in [5, 5.41) is 3.18. The van der Waals surface area contributed by atoms with Crippen LogP contribution in [0.15, 0.2) is 22.7 Å². The molecule has 1 aromatic carbocycles. The van der Waals surface area contributed by atoms with Crippen molar-refractivity contribution < 1.29 is 9.13 Å². The minimum absolute atomic E-state index is 0.207. The Hall–Kier alpha value is -1.69. The third-order valence-corrected chi connectivity index (χ3v) is 3.84. The molecule has 0 saturated carbocycles. The largest absolute Gasteiger partial charge is 0.494 e. The summed E-state index contributed by atoms with van der Waals surface area (Å²) in [5.41, 5.74) is 1.50. The molecule has 112 valence electrons. The van der Waals surface area contributed by atoms with Gasteiger partial charge < -0.3 is 10.1 Å². The number of halogens is 2. The van der Waals surface area contributed by atoms with Crippen molar-refractivity contribution in [1.29, 1.82) is 0 Å². The van der Waals surface area contributed by atoms with Gasteiger partial charge in [0.05, 0.1) is 17.3 Å². The van der Waals surface area contributed by atoms with Crippen LogP contribution in [0.2, 0.25) is 0 Å². The lowest BCUT2D eigenvalue weighted by Gasteiger charge is -2.12. The van der Waals surface area contributed by atoms with Gasteiger partial charge in [0, 0.05) is 12.1 Å². The Balaban J connectivity index is 2.52. The molecule has 1 N–H and O–H groups in total. The Labute approximate surface area is 131 Å². The van der Waals surface area contributed by atoms with Gasteiger partial charge in [-0.2, -0.15) is 0 Å². The van der Waals surface area contributed by atoms with E-state index in [2.05, 4.69) is 31.2 Å². The number of hydrogen-bond donors (Lipinski definition) is 1. The van der Waals surface area contributed by atoms with E-state index in [1.165, 1.54) is 13.2 Å². The maximum atomic E-state index is 13.8. The van der Waals surface area contributed by atoms with Crippen LogP contribution in [-0.4, -0.2) is 23.6 Å². The molecule has 0 spiro atoms. The first-order valence-corrected chi connectivity index (χ1v) is 7.54. The van der Waals surface area contributed by atoms with Crippen LogP contribution in [0.3, 0.4) is 0 Å². The number of benzene rings is 1. The van der Waals surface area contributed by atoms with Gasteiger partial charge in [-0.15, -0.1) is 0 Å². The zero-order chi connectivity index (χ0) is 15.4. The van der Waals surface area contributed by atoms with Crippen molar-refractivity contribution in [2.75, 3.05) is 19.0 Å². The second-order valence-corrected chi connectivity index (χ2v) is 5.18. The fourth-order valence-corrected chi connectivity index (χ4v) is 2.54. The van der Waals surface area contributed by atoms with Crippen LogP contribution in [0, 0.1) is 5.82 Å². The molecule has 0 aliphatic rings. The summed E-state index contributed by atoms with van der Waals surface area (Å²) in [6, 6.07) is 4.71. The van der Waals surface area contributed by atoms with Gasteiger partial charge in [-0.05, 0) is 47.5 Å². The lowest BCUT2D eigenvalue weighted by molar-refractivity contribution is 0.386. The summed E-state index contributed by atoms with van der Waals surface area (Å²) in [4.78, 5) is 8.96. The first kappa shape index (κ1) is 15.7. The molecule has 2 rings (SSSR count). The summed E-state index contributed by atoms with van der Waals surface area (Å²) < 4.78 is 19.6. The monoisotopic (exact) mass is 353 g/mol. The zero-order valence-electron chi connectivity index (χ0n) is 12.2. The summed E-state index contributed by atoms with van der Waals surface area (Å²) in [5.74, 6) is 0.992. The first-order valence-electron chi connectivity index (χ1n) is 6.74. The minimum atomic E-state index is -0.426. The number of nitrogens with one attached hydrogen (secondary N) is 1. The second-order valence-electron chi connectivity index (χ2n) is 4.39. The molecule has 0 aliphatic carbocycles. The van der Waals surface area contributed by atoms with Crippen LogP contribution >= 0.6 is 15.9 Å². The highest BCUT2D eigenvalue weighted by molar-refractivity contribution is 9.10. The van der Waals surface area contributed by atoms with E-state index in [1.807, 2.05) is 13.8 Å². The van der Waals surface area contributed by atoms with Crippen LogP contribution < -0.4 is 10.1 Å². The van der Waals surface area contributed by atoms with Crippen LogP contribution in [0.25, 0.3) is 11.4 Å². The topological polar surface area (TPSA) is 47.0 Å². The number of anilines is 1. The molecular weight excluding hydrogens is 337 g/mol. The van der Waals surface area contributed by atoms with E-state index < -0.39 is 5.82 Å². The van der Waals surface area contributed by atoms with Gasteiger partial charge in [-0.3, -0.25) is 0 Å². The number of ether oxygens (including phenoxy) is 1. The molecule has 0 atom stereocenters. The lowest BCUT2D eigenvalue weighted by atomic mass is 10.2. The van der Waals surface area contributed by atoms with Crippen molar-refractivity contribution in [2.45, 2.75) is 20.3 Å². The van der Waals surface area contributed by atoms with Gasteiger partial charge in [0.25, 0.3) is 0 Å². The average Bonchev–Trinajstić information content (AvgIpc) is 2.49. The summed E-state index contributed by atoms with van der Waals surface area (Å²) >= 11 is 3.50. The number of methoxy groups -OCH3 is 1. The van der Waals surface area contributed by atoms with E-state index in [0.717, 1.165) is 29.0 Å². The molecule has 0 amide bonds. The molecule has 1 aromatic heterocycles. The van der Waals surface area contributed by atoms with Crippen molar-refractivity contribution in [3.8, 4) is 17.1 Å². The molecule has 21 heavy (non-hydrogen) atoms. The molecule has 6 heteroatoms. The normalized spacial score (nSPS) is 10.5. The standard InChI is InChI=1S/C15H17BrFN3O/c1-4-11-13(16)15(18-5-2)20-14(19-11)9-6-7-12(21-3)10(17)8-9/h6-8H,4-5H2,1-3H3,(H,18,19,20). The van der Waals surface area contributed by atoms with E-state index >= 15 is 0 Å². The summed E-state index contributed by atoms with van der Waals surface area (Å²) in [6.07, 6.45) is 0.757. The van der Waals surface area contributed by atoms with Gasteiger partial charge in [-0.1, -0.05) is 6.92 Å². The average molecular weight is 354 g/mol. The molecule has 1 heterocycles. The van der Waals surface area contributed by atoms with Crippen LogP contribution in [0.4, 0.5) is 10.2 Å². The highest BCUT2D eigenvalue weighted by Gasteiger charge is 2.13. The molecule has 0 fully saturated rings. The SMILES string of the molecule is CCNc1nc(-c2ccc(OC)c(F)c2)nc(CC)c1Br. The van der Waals surface area contributed by atoms with E-state index in [-0.39, 0.29) is 5.75 Å². The zero-order valence-corrected chi connectivity index (χ0v) is 13.8. The van der Waals surface area contributed by atoms with Gasteiger partial charge in [-0.25, -0.2) is 14.4 Å². The highest BCUT2D eigenvalue weighted by Crippen LogP contribution is 2.29. The van der Waals surface area contributed by atoms with Gasteiger partial charge in [0.2, 0.25) is 0 Å². The summed E-state index contributed by atoms with van der Waals surface area (Å²) in [7, 11) is 1.44. The minimum Gasteiger partial charge on any atom is -0.494 e. The fourth-order valence-electron chi connectivity index (χ4n) is 1.95. The quantitative estimate of drug-likeness (QED) is 0.880. The highest BCUT2D eigenvalue weighted by atomic mass is 79.9. The Morgan fingerprint density at radius 3 is 2.62 bits per heavy atom.